The summed E-state index contributed by atoms with van der Waals surface area (Å²) >= 11 is 0. The molecule has 1 fully saturated rings. The Morgan fingerprint density at radius 2 is 1.33 bits per heavy atom. The molecule has 4 atom stereocenters. The summed E-state index contributed by atoms with van der Waals surface area (Å²) in [5.41, 5.74) is 4.22. The molecule has 12 heteroatoms. The molecule has 42 heavy (non-hydrogen) atoms. The van der Waals surface area contributed by atoms with Crippen LogP contribution < -0.4 is 0 Å². The highest BCUT2D eigenvalue weighted by Gasteiger charge is 2.65. The van der Waals surface area contributed by atoms with E-state index in [0.717, 1.165) is 23.1 Å². The van der Waals surface area contributed by atoms with Crippen LogP contribution in [-0.2, 0) is 46.0 Å². The minimum atomic E-state index is -4.21. The van der Waals surface area contributed by atoms with Gasteiger partial charge in [-0.05, 0) is 68.4 Å². The molecule has 10 nitrogen and oxygen atoms in total. The van der Waals surface area contributed by atoms with E-state index in [9.17, 15) is 14.4 Å². The summed E-state index contributed by atoms with van der Waals surface area (Å²) in [4.78, 5) is 36.7. The normalized spacial score (nSPS) is 21.1. The van der Waals surface area contributed by atoms with Crippen molar-refractivity contribution in [1.82, 2.24) is 0 Å². The molecule has 2 aromatic rings. The van der Waals surface area contributed by atoms with Crippen LogP contribution in [0.5, 0.6) is 0 Å². The van der Waals surface area contributed by atoms with Gasteiger partial charge in [-0.3, -0.25) is 0 Å². The molecule has 230 valence electrons. The van der Waals surface area contributed by atoms with Crippen molar-refractivity contribution < 1.29 is 56.3 Å². The van der Waals surface area contributed by atoms with Gasteiger partial charge in [-0.2, -0.15) is 8.78 Å². The van der Waals surface area contributed by atoms with Gasteiger partial charge in [0.15, 0.2) is 6.10 Å². The van der Waals surface area contributed by atoms with Crippen LogP contribution >= 0.6 is 0 Å². The minimum Gasteiger partial charge on any atom is -0.435 e. The first-order valence-corrected chi connectivity index (χ1v) is 13.7. The van der Waals surface area contributed by atoms with Crippen molar-refractivity contribution in [2.24, 2.45) is 0 Å². The van der Waals surface area contributed by atoms with Gasteiger partial charge in [-0.1, -0.05) is 49.4 Å². The van der Waals surface area contributed by atoms with E-state index in [1.807, 2.05) is 31.2 Å². The fourth-order valence-electron chi connectivity index (χ4n) is 4.39. The lowest BCUT2D eigenvalue weighted by Crippen LogP contribution is -2.62. The molecule has 0 N–H and O–H groups in total. The number of hydrogen-bond donors (Lipinski definition) is 0. The Labute approximate surface area is 243 Å². The molecule has 0 spiro atoms. The quantitative estimate of drug-likeness (QED) is 0.225. The zero-order valence-electron chi connectivity index (χ0n) is 24.2. The van der Waals surface area contributed by atoms with Gasteiger partial charge in [0.25, 0.3) is 6.29 Å². The average Bonchev–Trinajstić information content (AvgIpc) is 2.94. The Balaban J connectivity index is 2.07. The van der Waals surface area contributed by atoms with Gasteiger partial charge in [-0.15, -0.1) is 0 Å². The van der Waals surface area contributed by atoms with Gasteiger partial charge in [0.1, 0.15) is 6.10 Å². The maximum absolute atomic E-state index is 15.8. The summed E-state index contributed by atoms with van der Waals surface area (Å²) < 4.78 is 66.4. The third-order valence-electron chi connectivity index (χ3n) is 6.53. The van der Waals surface area contributed by atoms with Gasteiger partial charge in [0.05, 0.1) is 19.8 Å². The largest absolute Gasteiger partial charge is 0.510 e. The monoisotopic (exact) mass is 594 g/mol. The Morgan fingerprint density at radius 3 is 1.90 bits per heavy atom. The predicted molar refractivity (Wildman–Crippen MR) is 144 cm³/mol. The molecule has 1 heterocycles. The van der Waals surface area contributed by atoms with Gasteiger partial charge >= 0.3 is 24.4 Å². The lowest BCUT2D eigenvalue weighted by atomic mass is 9.90. The van der Waals surface area contributed by atoms with Gasteiger partial charge in [-0.25, -0.2) is 14.4 Å². The third kappa shape index (κ3) is 8.09. The van der Waals surface area contributed by atoms with E-state index in [1.165, 1.54) is 26.3 Å². The van der Waals surface area contributed by atoms with E-state index in [1.54, 1.807) is 18.2 Å². The summed E-state index contributed by atoms with van der Waals surface area (Å²) in [7, 11) is 0. The molecule has 0 bridgehead atoms. The summed E-state index contributed by atoms with van der Waals surface area (Å²) in [6.07, 6.45) is -11.3. The van der Waals surface area contributed by atoms with Crippen LogP contribution in [0.15, 0.2) is 42.5 Å². The Kier molecular flexibility index (Phi) is 11.5. The first-order valence-electron chi connectivity index (χ1n) is 13.7. The van der Waals surface area contributed by atoms with Crippen LogP contribution in [-0.4, -0.2) is 62.7 Å². The average molecular weight is 595 g/mol. The van der Waals surface area contributed by atoms with Crippen molar-refractivity contribution in [1.29, 1.82) is 0 Å². The molecule has 1 saturated heterocycles. The molecule has 0 unspecified atom stereocenters. The second-order valence-electron chi connectivity index (χ2n) is 9.38. The number of hydrogen-bond acceptors (Lipinski definition) is 10. The SMILES string of the molecule is CCOC(=O)O[C@@H]1[C@@H](OC(=O)OCC)C(F)(F)[C@@H](OC(=O)OCC)O[C@H]1c1ccc(C)c(Cc2ccc(CC)cc2)c1. The Morgan fingerprint density at radius 1 is 0.786 bits per heavy atom. The smallest absolute Gasteiger partial charge is 0.435 e. The zero-order valence-corrected chi connectivity index (χ0v) is 24.2. The van der Waals surface area contributed by atoms with E-state index < -0.39 is 49.0 Å². The molecule has 1 aliphatic heterocycles. The highest BCUT2D eigenvalue weighted by atomic mass is 19.3. The van der Waals surface area contributed by atoms with Crippen LogP contribution in [0.2, 0.25) is 0 Å². The standard InChI is InChI=1S/C30H36F2O10/c1-6-19-11-13-20(14-12-19)16-22-17-21(15-10-18(22)5)23-24(40-27(33)36-7-2)25(41-28(34)37-8-3)30(31,32)26(39-23)42-29(35)38-9-4/h10-15,17,23-26H,6-9,16H2,1-5H3/t23-,24-,25+,26+/m0/s1. The number of aryl methyl sites for hydroxylation is 2. The molecular formula is C30H36F2O10. The number of carbonyl (C=O) groups excluding carboxylic acids is 3. The van der Waals surface area contributed by atoms with Crippen LogP contribution in [0.25, 0.3) is 0 Å². The van der Waals surface area contributed by atoms with Crippen molar-refractivity contribution in [2.75, 3.05) is 19.8 Å². The molecule has 0 radical (unpaired) electrons. The minimum absolute atomic E-state index is 0.114. The molecule has 1 aliphatic rings. The molecule has 0 aromatic heterocycles. The molecular weight excluding hydrogens is 558 g/mol. The van der Waals surface area contributed by atoms with Crippen molar-refractivity contribution in [3.8, 4) is 0 Å². The Hall–Kier alpha value is -3.93. The first kappa shape index (κ1) is 32.6. The molecule has 2 aromatic carbocycles. The van der Waals surface area contributed by atoms with Crippen LogP contribution in [0.4, 0.5) is 23.2 Å². The maximum Gasteiger partial charge on any atom is 0.510 e. The second-order valence-corrected chi connectivity index (χ2v) is 9.38. The lowest BCUT2D eigenvalue weighted by molar-refractivity contribution is -0.346. The van der Waals surface area contributed by atoms with E-state index in [0.29, 0.717) is 12.0 Å². The fraction of sp³-hybridized carbons (Fsp3) is 0.500. The summed E-state index contributed by atoms with van der Waals surface area (Å²) in [6, 6.07) is 13.1. The van der Waals surface area contributed by atoms with Crippen molar-refractivity contribution in [2.45, 2.75) is 78.0 Å². The van der Waals surface area contributed by atoms with E-state index in [4.69, 9.17) is 28.4 Å². The number of rotatable bonds is 10. The van der Waals surface area contributed by atoms with Crippen molar-refractivity contribution in [3.63, 3.8) is 0 Å². The lowest BCUT2D eigenvalue weighted by Gasteiger charge is -2.44. The third-order valence-corrected chi connectivity index (χ3v) is 6.53. The molecule has 0 saturated carbocycles. The number of ether oxygens (including phenoxy) is 7. The maximum atomic E-state index is 15.8. The van der Waals surface area contributed by atoms with E-state index in [2.05, 4.69) is 11.7 Å². The topological polar surface area (TPSA) is 116 Å². The Bertz CT molecular complexity index is 1220. The van der Waals surface area contributed by atoms with Gasteiger partial charge < -0.3 is 33.2 Å². The van der Waals surface area contributed by atoms with Crippen molar-refractivity contribution in [3.05, 3.63) is 70.3 Å². The molecule has 0 aliphatic carbocycles. The number of alkyl halides is 2. The van der Waals surface area contributed by atoms with Crippen LogP contribution in [0.1, 0.15) is 61.6 Å². The van der Waals surface area contributed by atoms with Gasteiger partial charge in [0, 0.05) is 0 Å². The summed E-state index contributed by atoms with van der Waals surface area (Å²) in [5, 5.41) is 0. The summed E-state index contributed by atoms with van der Waals surface area (Å²) in [6.45, 7) is 7.92. The first-order chi connectivity index (χ1) is 20.0. The fourth-order valence-corrected chi connectivity index (χ4v) is 4.39. The highest BCUT2D eigenvalue weighted by molar-refractivity contribution is 5.62. The van der Waals surface area contributed by atoms with Crippen LogP contribution in [0, 0.1) is 6.92 Å². The molecule has 0 amide bonds. The van der Waals surface area contributed by atoms with Crippen LogP contribution in [0.3, 0.4) is 0 Å². The highest BCUT2D eigenvalue weighted by Crippen LogP contribution is 2.45. The van der Waals surface area contributed by atoms with Gasteiger partial charge in [0.2, 0.25) is 6.10 Å². The second kappa shape index (κ2) is 14.8. The van der Waals surface area contributed by atoms with E-state index >= 15 is 8.78 Å². The van der Waals surface area contributed by atoms with E-state index in [-0.39, 0.29) is 19.8 Å². The number of halogens is 2. The predicted octanol–water partition coefficient (Wildman–Crippen LogP) is 6.44. The van der Waals surface area contributed by atoms with Crippen molar-refractivity contribution >= 4 is 18.5 Å². The number of benzene rings is 2. The zero-order chi connectivity index (χ0) is 30.9. The molecule has 3 rings (SSSR count). The number of carbonyl (C=O) groups is 3. The summed E-state index contributed by atoms with van der Waals surface area (Å²) in [5.74, 6) is -4.21.